The summed E-state index contributed by atoms with van der Waals surface area (Å²) in [5.41, 5.74) is 1.45. The van der Waals surface area contributed by atoms with Crippen LogP contribution in [0.15, 0.2) is 72.8 Å². The number of hydrogen-bond donors (Lipinski definition) is 0. The zero-order chi connectivity index (χ0) is 24.7. The van der Waals surface area contributed by atoms with Crippen LogP contribution in [0.4, 0.5) is 5.13 Å². The summed E-state index contributed by atoms with van der Waals surface area (Å²) in [7, 11) is 1.65. The number of hydrogen-bond acceptors (Lipinski definition) is 7. The molecule has 0 aliphatic carbocycles. The predicted octanol–water partition coefficient (Wildman–Crippen LogP) is 5.47. The van der Waals surface area contributed by atoms with E-state index in [-0.39, 0.29) is 5.91 Å². The van der Waals surface area contributed by atoms with Gasteiger partial charge in [0.15, 0.2) is 5.13 Å². The fourth-order valence-corrected chi connectivity index (χ4v) is 5.16. The molecule has 0 unspecified atom stereocenters. The lowest BCUT2D eigenvalue weighted by Crippen LogP contribution is -2.39. The van der Waals surface area contributed by atoms with Gasteiger partial charge in [0, 0.05) is 31.7 Å². The average molecular weight is 504 g/mol. The van der Waals surface area contributed by atoms with Crippen molar-refractivity contribution in [1.29, 1.82) is 0 Å². The number of thiazole rings is 1. The summed E-state index contributed by atoms with van der Waals surface area (Å²) in [6.07, 6.45) is 0.847. The van der Waals surface area contributed by atoms with Gasteiger partial charge in [0.25, 0.3) is 5.91 Å². The lowest BCUT2D eigenvalue weighted by atomic mass is 10.2. The number of methoxy groups -OCH3 is 1. The highest BCUT2D eigenvalue weighted by atomic mass is 32.1. The molecule has 1 amide bonds. The van der Waals surface area contributed by atoms with Crippen LogP contribution in [0.25, 0.3) is 10.2 Å². The molecule has 1 aliphatic rings. The summed E-state index contributed by atoms with van der Waals surface area (Å²) in [6, 6.07) is 22.7. The third-order valence-corrected chi connectivity index (χ3v) is 7.14. The molecule has 0 N–H and O–H groups in total. The first-order valence-corrected chi connectivity index (χ1v) is 12.9. The van der Waals surface area contributed by atoms with Crippen LogP contribution in [0.5, 0.6) is 17.2 Å². The monoisotopic (exact) mass is 503 g/mol. The van der Waals surface area contributed by atoms with Gasteiger partial charge in [0.05, 0.1) is 30.5 Å². The molecule has 3 aromatic carbocycles. The van der Waals surface area contributed by atoms with Gasteiger partial charge in [-0.3, -0.25) is 14.6 Å². The van der Waals surface area contributed by atoms with Gasteiger partial charge in [0.2, 0.25) is 0 Å². The Kier molecular flexibility index (Phi) is 7.76. The number of carbonyl (C=O) groups excluding carboxylic acids is 1. The number of anilines is 1. The molecule has 0 bridgehead atoms. The summed E-state index contributed by atoms with van der Waals surface area (Å²) in [4.78, 5) is 22.7. The van der Waals surface area contributed by atoms with Gasteiger partial charge < -0.3 is 14.2 Å². The smallest absolute Gasteiger partial charge is 0.260 e. The summed E-state index contributed by atoms with van der Waals surface area (Å²) in [6.45, 7) is 4.88. The van der Waals surface area contributed by atoms with E-state index >= 15 is 0 Å². The van der Waals surface area contributed by atoms with Gasteiger partial charge in [-0.25, -0.2) is 4.98 Å². The standard InChI is InChI=1S/C28H29N3O4S/c1-33-24-12-13-25-26(20-24)36-28(29-25)31(15-5-14-30-16-18-34-19-17-30)27(32)21-8-10-23(11-9-21)35-22-6-3-2-4-7-22/h2-4,6-13,20H,5,14-19H2,1H3. The highest BCUT2D eigenvalue weighted by Gasteiger charge is 2.22. The Bertz CT molecular complexity index is 1290. The van der Waals surface area contributed by atoms with Gasteiger partial charge in [0.1, 0.15) is 17.2 Å². The number of amides is 1. The molecule has 7 nitrogen and oxygen atoms in total. The van der Waals surface area contributed by atoms with E-state index in [1.807, 2.05) is 72.8 Å². The Morgan fingerprint density at radius 1 is 1.00 bits per heavy atom. The van der Waals surface area contributed by atoms with Crippen LogP contribution in [-0.2, 0) is 4.74 Å². The molecule has 5 rings (SSSR count). The van der Waals surface area contributed by atoms with Gasteiger partial charge in [-0.1, -0.05) is 29.5 Å². The van der Waals surface area contributed by atoms with E-state index < -0.39 is 0 Å². The van der Waals surface area contributed by atoms with Crippen LogP contribution in [0, 0.1) is 0 Å². The maximum atomic E-state index is 13.7. The van der Waals surface area contributed by atoms with Gasteiger partial charge in [-0.05, 0) is 61.0 Å². The maximum absolute atomic E-state index is 13.7. The summed E-state index contributed by atoms with van der Waals surface area (Å²) in [5, 5.41) is 0.690. The number of carbonyl (C=O) groups is 1. The molecule has 186 valence electrons. The molecule has 1 fully saturated rings. The van der Waals surface area contributed by atoms with Crippen LogP contribution in [0.3, 0.4) is 0 Å². The number of ether oxygens (including phenoxy) is 3. The van der Waals surface area contributed by atoms with Crippen molar-refractivity contribution in [1.82, 2.24) is 9.88 Å². The molecule has 1 saturated heterocycles. The molecule has 36 heavy (non-hydrogen) atoms. The Hall–Kier alpha value is -3.46. The molecular weight excluding hydrogens is 474 g/mol. The minimum atomic E-state index is -0.0748. The Morgan fingerprint density at radius 2 is 1.72 bits per heavy atom. The van der Waals surface area contributed by atoms with Gasteiger partial charge in [-0.2, -0.15) is 0 Å². The molecule has 4 aromatic rings. The summed E-state index contributed by atoms with van der Waals surface area (Å²) < 4.78 is 17.7. The van der Waals surface area contributed by atoms with Gasteiger partial charge in [-0.15, -0.1) is 0 Å². The first-order chi connectivity index (χ1) is 17.7. The third-order valence-electron chi connectivity index (χ3n) is 6.10. The van der Waals surface area contributed by atoms with Gasteiger partial charge >= 0.3 is 0 Å². The van der Waals surface area contributed by atoms with Crippen molar-refractivity contribution in [2.75, 3.05) is 51.4 Å². The quantitative estimate of drug-likeness (QED) is 0.302. The van der Waals surface area contributed by atoms with E-state index in [1.165, 1.54) is 11.3 Å². The van der Waals surface area contributed by atoms with Crippen LogP contribution in [0.2, 0.25) is 0 Å². The Morgan fingerprint density at radius 3 is 2.47 bits per heavy atom. The highest BCUT2D eigenvalue weighted by molar-refractivity contribution is 7.22. The number of fused-ring (bicyclic) bond motifs is 1. The highest BCUT2D eigenvalue weighted by Crippen LogP contribution is 2.32. The molecular formula is C28H29N3O4S. The molecule has 1 aromatic heterocycles. The molecule has 0 spiro atoms. The topological polar surface area (TPSA) is 64.1 Å². The van der Waals surface area contributed by atoms with Crippen molar-refractivity contribution in [3.63, 3.8) is 0 Å². The van der Waals surface area contributed by atoms with Crippen molar-refractivity contribution >= 4 is 32.6 Å². The molecule has 0 atom stereocenters. The fraction of sp³-hybridized carbons (Fsp3) is 0.286. The maximum Gasteiger partial charge on any atom is 0.260 e. The van der Waals surface area contributed by atoms with E-state index in [0.29, 0.717) is 23.0 Å². The minimum absolute atomic E-state index is 0.0748. The average Bonchev–Trinajstić information content (AvgIpc) is 3.35. The zero-order valence-corrected chi connectivity index (χ0v) is 21.1. The normalized spacial score (nSPS) is 14.0. The predicted molar refractivity (Wildman–Crippen MR) is 143 cm³/mol. The largest absolute Gasteiger partial charge is 0.497 e. The molecule has 0 radical (unpaired) electrons. The minimum Gasteiger partial charge on any atom is -0.497 e. The van der Waals surface area contributed by atoms with Crippen molar-refractivity contribution in [3.8, 4) is 17.2 Å². The molecule has 8 heteroatoms. The lowest BCUT2D eigenvalue weighted by molar-refractivity contribution is 0.0376. The number of aromatic nitrogens is 1. The van der Waals surface area contributed by atoms with E-state index in [0.717, 1.165) is 61.0 Å². The number of nitrogens with zero attached hydrogens (tertiary/aromatic N) is 3. The second kappa shape index (κ2) is 11.5. The van der Waals surface area contributed by atoms with Crippen LogP contribution < -0.4 is 14.4 Å². The second-order valence-electron chi connectivity index (χ2n) is 8.53. The molecule has 1 aliphatic heterocycles. The Labute approximate surface area is 214 Å². The van der Waals surface area contributed by atoms with E-state index in [9.17, 15) is 4.79 Å². The zero-order valence-electron chi connectivity index (χ0n) is 20.3. The Balaban J connectivity index is 1.35. The van der Waals surface area contributed by atoms with Crippen LogP contribution >= 0.6 is 11.3 Å². The number of morpholine rings is 1. The number of rotatable bonds is 9. The fourth-order valence-electron chi connectivity index (χ4n) is 4.14. The summed E-state index contributed by atoms with van der Waals surface area (Å²) >= 11 is 1.50. The second-order valence-corrected chi connectivity index (χ2v) is 9.54. The van der Waals surface area contributed by atoms with Crippen LogP contribution in [0.1, 0.15) is 16.8 Å². The van der Waals surface area contributed by atoms with Crippen molar-refractivity contribution < 1.29 is 19.0 Å². The van der Waals surface area contributed by atoms with E-state index in [4.69, 9.17) is 19.2 Å². The first kappa shape index (κ1) is 24.2. The van der Waals surface area contributed by atoms with Crippen molar-refractivity contribution in [2.45, 2.75) is 6.42 Å². The SMILES string of the molecule is COc1ccc2nc(N(CCCN3CCOCC3)C(=O)c3ccc(Oc4ccccc4)cc3)sc2c1. The van der Waals surface area contributed by atoms with Crippen LogP contribution in [-0.4, -0.2) is 62.3 Å². The van der Waals surface area contributed by atoms with E-state index in [1.54, 1.807) is 12.0 Å². The number of benzene rings is 3. The lowest BCUT2D eigenvalue weighted by Gasteiger charge is -2.27. The van der Waals surface area contributed by atoms with E-state index in [2.05, 4.69) is 4.90 Å². The molecule has 2 heterocycles. The summed E-state index contributed by atoms with van der Waals surface area (Å²) in [5.74, 6) is 2.14. The third kappa shape index (κ3) is 5.84. The van der Waals surface area contributed by atoms with Crippen molar-refractivity contribution in [2.24, 2.45) is 0 Å². The van der Waals surface area contributed by atoms with Crippen molar-refractivity contribution in [3.05, 3.63) is 78.4 Å². The number of para-hydroxylation sites is 1. The molecule has 0 saturated carbocycles. The first-order valence-electron chi connectivity index (χ1n) is 12.1.